The summed E-state index contributed by atoms with van der Waals surface area (Å²) in [5.74, 6) is 0.696. The van der Waals surface area contributed by atoms with Crippen molar-refractivity contribution in [1.29, 1.82) is 0 Å². The maximum atomic E-state index is 10.0. The number of hydrogen-bond acceptors (Lipinski definition) is 3. The van der Waals surface area contributed by atoms with E-state index in [1.54, 1.807) is 13.2 Å². The summed E-state index contributed by atoms with van der Waals surface area (Å²) in [7, 11) is 1.55. The third-order valence-electron chi connectivity index (χ3n) is 3.01. The molecule has 0 aliphatic rings. The van der Waals surface area contributed by atoms with Crippen LogP contribution in [0.15, 0.2) is 36.4 Å². The van der Waals surface area contributed by atoms with Gasteiger partial charge in [-0.1, -0.05) is 18.2 Å². The number of para-hydroxylation sites is 1. The first-order chi connectivity index (χ1) is 9.10. The Bertz CT molecular complexity index is 559. The molecular formula is C16H19NO2. The Kier molecular flexibility index (Phi) is 3.95. The van der Waals surface area contributed by atoms with Crippen LogP contribution in [0.3, 0.4) is 0 Å². The van der Waals surface area contributed by atoms with Gasteiger partial charge in [-0.25, -0.2) is 0 Å². The zero-order valence-electron chi connectivity index (χ0n) is 11.5. The highest BCUT2D eigenvalue weighted by Crippen LogP contribution is 2.29. The number of phenols is 1. The van der Waals surface area contributed by atoms with Gasteiger partial charge in [-0.05, 0) is 43.2 Å². The lowest BCUT2D eigenvalue weighted by Crippen LogP contribution is -2.01. The topological polar surface area (TPSA) is 41.5 Å². The molecule has 0 fully saturated rings. The van der Waals surface area contributed by atoms with Gasteiger partial charge >= 0.3 is 0 Å². The predicted molar refractivity (Wildman–Crippen MR) is 77.9 cm³/mol. The van der Waals surface area contributed by atoms with E-state index in [-0.39, 0.29) is 5.75 Å². The smallest absolute Gasteiger partial charge is 0.162 e. The van der Waals surface area contributed by atoms with Gasteiger partial charge in [0.2, 0.25) is 0 Å². The molecule has 0 saturated carbocycles. The van der Waals surface area contributed by atoms with Crippen LogP contribution >= 0.6 is 0 Å². The van der Waals surface area contributed by atoms with Gasteiger partial charge in [0.25, 0.3) is 0 Å². The Morgan fingerprint density at radius 1 is 1.11 bits per heavy atom. The fourth-order valence-electron chi connectivity index (χ4n) is 2.15. The summed E-state index contributed by atoms with van der Waals surface area (Å²) in [6, 6.07) is 11.8. The Morgan fingerprint density at radius 3 is 2.42 bits per heavy atom. The molecule has 2 N–H and O–H groups in total. The molecule has 3 heteroatoms. The van der Waals surface area contributed by atoms with Crippen molar-refractivity contribution in [3.63, 3.8) is 0 Å². The van der Waals surface area contributed by atoms with Gasteiger partial charge in [0, 0.05) is 17.8 Å². The number of hydrogen-bond donors (Lipinski definition) is 2. The molecule has 0 atom stereocenters. The van der Waals surface area contributed by atoms with Crippen molar-refractivity contribution < 1.29 is 9.84 Å². The lowest BCUT2D eigenvalue weighted by Gasteiger charge is -2.11. The molecule has 0 spiro atoms. The first-order valence-corrected chi connectivity index (χ1v) is 6.27. The Morgan fingerprint density at radius 2 is 1.79 bits per heavy atom. The van der Waals surface area contributed by atoms with Crippen molar-refractivity contribution >= 4 is 5.69 Å². The number of rotatable bonds is 4. The third kappa shape index (κ3) is 3.19. The van der Waals surface area contributed by atoms with Gasteiger partial charge in [0.1, 0.15) is 0 Å². The monoisotopic (exact) mass is 257 g/mol. The molecule has 2 rings (SSSR count). The van der Waals surface area contributed by atoms with Crippen molar-refractivity contribution in [1.82, 2.24) is 0 Å². The summed E-state index contributed by atoms with van der Waals surface area (Å²) < 4.78 is 5.10. The lowest BCUT2D eigenvalue weighted by molar-refractivity contribution is 0.371. The van der Waals surface area contributed by atoms with Crippen LogP contribution in [0.1, 0.15) is 16.7 Å². The fraction of sp³-hybridized carbons (Fsp3) is 0.250. The van der Waals surface area contributed by atoms with Crippen molar-refractivity contribution in [2.75, 3.05) is 12.4 Å². The standard InChI is InChI=1S/C16H19NO2/c1-11-7-12(2)9-14(8-11)17-10-13-5-4-6-15(19-3)16(13)18/h4-9,17-18H,10H2,1-3H3. The van der Waals surface area contributed by atoms with Crippen LogP contribution in [0.2, 0.25) is 0 Å². The van der Waals surface area contributed by atoms with E-state index < -0.39 is 0 Å². The van der Waals surface area contributed by atoms with Crippen LogP contribution in [-0.4, -0.2) is 12.2 Å². The highest BCUT2D eigenvalue weighted by atomic mass is 16.5. The van der Waals surface area contributed by atoms with E-state index >= 15 is 0 Å². The minimum absolute atomic E-state index is 0.196. The Hall–Kier alpha value is -2.16. The zero-order chi connectivity index (χ0) is 13.8. The number of ether oxygens (including phenoxy) is 1. The first-order valence-electron chi connectivity index (χ1n) is 6.27. The van der Waals surface area contributed by atoms with Crippen molar-refractivity contribution in [2.45, 2.75) is 20.4 Å². The number of methoxy groups -OCH3 is 1. The number of aryl methyl sites for hydroxylation is 2. The maximum Gasteiger partial charge on any atom is 0.162 e. The van der Waals surface area contributed by atoms with Crippen LogP contribution in [0.25, 0.3) is 0 Å². The van der Waals surface area contributed by atoms with Gasteiger partial charge in [0.15, 0.2) is 11.5 Å². The molecule has 0 amide bonds. The number of nitrogens with one attached hydrogen (secondary N) is 1. The van der Waals surface area contributed by atoms with E-state index in [1.165, 1.54) is 11.1 Å². The molecule has 0 aromatic heterocycles. The molecule has 0 heterocycles. The molecule has 0 aliphatic heterocycles. The highest BCUT2D eigenvalue weighted by Gasteiger charge is 2.06. The normalized spacial score (nSPS) is 10.3. The molecule has 0 aliphatic carbocycles. The molecule has 0 saturated heterocycles. The second-order valence-electron chi connectivity index (χ2n) is 4.70. The van der Waals surface area contributed by atoms with Crippen molar-refractivity contribution in [2.24, 2.45) is 0 Å². The van der Waals surface area contributed by atoms with Gasteiger partial charge < -0.3 is 15.2 Å². The first kappa shape index (κ1) is 13.3. The number of anilines is 1. The summed E-state index contributed by atoms with van der Waals surface area (Å²) in [6.45, 7) is 4.70. The van der Waals surface area contributed by atoms with E-state index in [0.29, 0.717) is 12.3 Å². The van der Waals surface area contributed by atoms with Gasteiger partial charge in [-0.3, -0.25) is 0 Å². The molecule has 0 unspecified atom stereocenters. The summed E-state index contributed by atoms with van der Waals surface area (Å²) in [4.78, 5) is 0. The quantitative estimate of drug-likeness (QED) is 0.878. The van der Waals surface area contributed by atoms with Gasteiger partial charge in [-0.15, -0.1) is 0 Å². The average Bonchev–Trinajstić information content (AvgIpc) is 2.36. The second kappa shape index (κ2) is 5.65. The zero-order valence-corrected chi connectivity index (χ0v) is 11.5. The molecule has 2 aromatic carbocycles. The third-order valence-corrected chi connectivity index (χ3v) is 3.01. The minimum Gasteiger partial charge on any atom is -0.504 e. The number of benzene rings is 2. The summed E-state index contributed by atoms with van der Waals surface area (Å²) in [5, 5.41) is 13.3. The maximum absolute atomic E-state index is 10.0. The molecule has 3 nitrogen and oxygen atoms in total. The molecule has 0 radical (unpaired) electrons. The van der Waals surface area contributed by atoms with Crippen molar-refractivity contribution in [3.05, 3.63) is 53.1 Å². The second-order valence-corrected chi connectivity index (χ2v) is 4.70. The predicted octanol–water partition coefficient (Wildman–Crippen LogP) is 3.63. The van der Waals surface area contributed by atoms with Crippen LogP contribution in [0.4, 0.5) is 5.69 Å². The molecule has 2 aromatic rings. The van der Waals surface area contributed by atoms with E-state index in [4.69, 9.17) is 4.74 Å². The summed E-state index contributed by atoms with van der Waals surface area (Å²) in [6.07, 6.45) is 0. The van der Waals surface area contributed by atoms with Crippen LogP contribution in [0, 0.1) is 13.8 Å². The van der Waals surface area contributed by atoms with Gasteiger partial charge in [0.05, 0.1) is 7.11 Å². The average molecular weight is 257 g/mol. The molecule has 0 bridgehead atoms. The largest absolute Gasteiger partial charge is 0.504 e. The van der Waals surface area contributed by atoms with E-state index in [9.17, 15) is 5.11 Å². The molecule has 100 valence electrons. The minimum atomic E-state index is 0.196. The van der Waals surface area contributed by atoms with Crippen LogP contribution in [-0.2, 0) is 6.54 Å². The van der Waals surface area contributed by atoms with E-state index in [1.807, 2.05) is 12.1 Å². The van der Waals surface area contributed by atoms with Crippen LogP contribution in [0.5, 0.6) is 11.5 Å². The van der Waals surface area contributed by atoms with Crippen LogP contribution < -0.4 is 10.1 Å². The lowest BCUT2D eigenvalue weighted by atomic mass is 10.1. The van der Waals surface area contributed by atoms with Gasteiger partial charge in [-0.2, -0.15) is 0 Å². The number of aromatic hydroxyl groups is 1. The molecular weight excluding hydrogens is 238 g/mol. The SMILES string of the molecule is COc1cccc(CNc2cc(C)cc(C)c2)c1O. The number of phenolic OH excluding ortho intramolecular Hbond substituents is 1. The highest BCUT2D eigenvalue weighted by molar-refractivity contribution is 5.51. The Labute approximate surface area is 113 Å². The summed E-state index contributed by atoms with van der Waals surface area (Å²) in [5.41, 5.74) is 4.31. The van der Waals surface area contributed by atoms with E-state index in [0.717, 1.165) is 11.3 Å². The molecule has 19 heavy (non-hydrogen) atoms. The van der Waals surface area contributed by atoms with E-state index in [2.05, 4.69) is 37.4 Å². The Balaban J connectivity index is 2.14. The summed E-state index contributed by atoms with van der Waals surface area (Å²) >= 11 is 0. The van der Waals surface area contributed by atoms with Crippen molar-refractivity contribution in [3.8, 4) is 11.5 Å². The fourth-order valence-corrected chi connectivity index (χ4v) is 2.15.